The Hall–Kier alpha value is -2.94. The molecule has 0 fully saturated rings. The molecule has 3 N–H and O–H groups in total. The average Bonchev–Trinajstić information content (AvgIpc) is 2.57. The molecule has 0 unspecified atom stereocenters. The molecule has 0 aromatic heterocycles. The summed E-state index contributed by atoms with van der Waals surface area (Å²) in [6.45, 7) is 0. The van der Waals surface area contributed by atoms with Crippen LogP contribution in [0, 0.1) is 0 Å². The molecule has 0 aliphatic rings. The predicted octanol–water partition coefficient (Wildman–Crippen LogP) is 2.38. The molecule has 1 amide bonds. The Morgan fingerprint density at radius 2 is 1.75 bits per heavy atom. The highest BCUT2D eigenvalue weighted by Gasteiger charge is 2.18. The number of anilines is 2. The van der Waals surface area contributed by atoms with Crippen LogP contribution in [0.15, 0.2) is 47.4 Å². The van der Waals surface area contributed by atoms with Gasteiger partial charge in [0.2, 0.25) is 0 Å². The van der Waals surface area contributed by atoms with Crippen molar-refractivity contribution in [1.29, 1.82) is 0 Å². The number of hydrogen-bond donors (Lipinski definition) is 3. The van der Waals surface area contributed by atoms with Crippen molar-refractivity contribution in [1.82, 2.24) is 0 Å². The maximum Gasteiger partial charge on any atom is 0.411 e. The monoisotopic (exact) mass is 352 g/mol. The minimum atomic E-state index is -3.88. The average molecular weight is 352 g/mol. The summed E-state index contributed by atoms with van der Waals surface area (Å²) in [5, 5.41) is 12.4. The van der Waals surface area contributed by atoms with Gasteiger partial charge in [0, 0.05) is 12.1 Å². The molecule has 0 aliphatic carbocycles. The van der Waals surface area contributed by atoms with Gasteiger partial charge in [-0.15, -0.1) is 0 Å². The fourth-order valence-corrected chi connectivity index (χ4v) is 2.97. The number of carbonyl (C=O) groups is 1. The van der Waals surface area contributed by atoms with Crippen molar-refractivity contribution >= 4 is 27.5 Å². The van der Waals surface area contributed by atoms with E-state index in [1.165, 1.54) is 32.4 Å². The summed E-state index contributed by atoms with van der Waals surface area (Å²) in [5.41, 5.74) is 0.0376. The minimum Gasteiger partial charge on any atom is -0.506 e. The molecule has 0 saturated heterocycles. The molecule has 2 aromatic carbocycles. The van der Waals surface area contributed by atoms with Crippen LogP contribution in [0.4, 0.5) is 16.2 Å². The Morgan fingerprint density at radius 1 is 1.08 bits per heavy atom. The van der Waals surface area contributed by atoms with Gasteiger partial charge in [0.25, 0.3) is 10.0 Å². The number of sulfonamides is 1. The predicted molar refractivity (Wildman–Crippen MR) is 87.9 cm³/mol. The molecule has 0 bridgehead atoms. The van der Waals surface area contributed by atoms with Crippen LogP contribution in [-0.4, -0.2) is 33.8 Å². The van der Waals surface area contributed by atoms with E-state index in [2.05, 4.69) is 14.8 Å². The van der Waals surface area contributed by atoms with E-state index < -0.39 is 16.1 Å². The second-order valence-corrected chi connectivity index (χ2v) is 6.29. The summed E-state index contributed by atoms with van der Waals surface area (Å²) < 4.78 is 36.4. The standard InChI is InChI=1S/C15H16N2O6S/c1-22-14-9-11(13(18)8-12(14)16-15(19)23-2)17-24(20,21)10-6-4-3-5-7-10/h3-9,17-18H,1-2H3,(H,16,19). The van der Waals surface area contributed by atoms with Crippen molar-refractivity contribution in [3.05, 3.63) is 42.5 Å². The van der Waals surface area contributed by atoms with Gasteiger partial charge in [0.05, 0.1) is 30.5 Å². The summed E-state index contributed by atoms with van der Waals surface area (Å²) >= 11 is 0. The summed E-state index contributed by atoms with van der Waals surface area (Å²) in [4.78, 5) is 11.3. The zero-order chi connectivity index (χ0) is 17.7. The second kappa shape index (κ2) is 7.09. The molecule has 128 valence electrons. The maximum atomic E-state index is 12.3. The number of rotatable bonds is 5. The van der Waals surface area contributed by atoms with Crippen LogP contribution < -0.4 is 14.8 Å². The molecule has 2 rings (SSSR count). The quantitative estimate of drug-likeness (QED) is 0.712. The van der Waals surface area contributed by atoms with E-state index >= 15 is 0 Å². The molecular weight excluding hydrogens is 336 g/mol. The summed E-state index contributed by atoms with van der Waals surface area (Å²) in [6, 6.07) is 10.1. The van der Waals surface area contributed by atoms with Gasteiger partial charge in [-0.05, 0) is 12.1 Å². The van der Waals surface area contributed by atoms with Crippen molar-refractivity contribution in [2.45, 2.75) is 4.90 Å². The summed E-state index contributed by atoms with van der Waals surface area (Å²) in [6.07, 6.45) is -0.759. The molecule has 24 heavy (non-hydrogen) atoms. The van der Waals surface area contributed by atoms with Gasteiger partial charge in [-0.1, -0.05) is 18.2 Å². The van der Waals surface area contributed by atoms with Crippen LogP contribution in [0.3, 0.4) is 0 Å². The van der Waals surface area contributed by atoms with Gasteiger partial charge >= 0.3 is 6.09 Å². The molecule has 0 atom stereocenters. The third-order valence-electron chi connectivity index (χ3n) is 3.04. The first-order chi connectivity index (χ1) is 11.4. The highest BCUT2D eigenvalue weighted by molar-refractivity contribution is 7.92. The number of phenols is 1. The smallest absolute Gasteiger partial charge is 0.411 e. The number of benzene rings is 2. The van der Waals surface area contributed by atoms with Crippen LogP contribution in [0.2, 0.25) is 0 Å². The van der Waals surface area contributed by atoms with E-state index in [1.807, 2.05) is 0 Å². The summed E-state index contributed by atoms with van der Waals surface area (Å²) in [7, 11) is -1.36. The Morgan fingerprint density at radius 3 is 2.33 bits per heavy atom. The molecule has 0 spiro atoms. The number of carbonyl (C=O) groups excluding carboxylic acids is 1. The molecule has 0 radical (unpaired) electrons. The lowest BCUT2D eigenvalue weighted by Crippen LogP contribution is -2.14. The number of nitrogens with one attached hydrogen (secondary N) is 2. The van der Waals surface area contributed by atoms with E-state index in [0.29, 0.717) is 0 Å². The number of amides is 1. The number of phenolic OH excluding ortho intramolecular Hbond substituents is 1. The molecule has 2 aromatic rings. The van der Waals surface area contributed by atoms with E-state index in [-0.39, 0.29) is 27.8 Å². The van der Waals surface area contributed by atoms with Crippen LogP contribution in [0.5, 0.6) is 11.5 Å². The summed E-state index contributed by atoms with van der Waals surface area (Å²) in [5.74, 6) is -0.245. The van der Waals surface area contributed by atoms with Crippen molar-refractivity contribution < 1.29 is 27.8 Å². The van der Waals surface area contributed by atoms with Crippen molar-refractivity contribution in [2.75, 3.05) is 24.3 Å². The van der Waals surface area contributed by atoms with Gasteiger partial charge in [0.15, 0.2) is 0 Å². The molecular formula is C15H16N2O6S. The Bertz CT molecular complexity index is 837. The van der Waals surface area contributed by atoms with Crippen LogP contribution >= 0.6 is 0 Å². The molecule has 8 nitrogen and oxygen atoms in total. The van der Waals surface area contributed by atoms with E-state index in [1.54, 1.807) is 18.2 Å². The fraction of sp³-hybridized carbons (Fsp3) is 0.133. The van der Waals surface area contributed by atoms with Crippen molar-refractivity contribution in [2.24, 2.45) is 0 Å². The molecule has 0 aliphatic heterocycles. The van der Waals surface area contributed by atoms with Crippen LogP contribution in [0.1, 0.15) is 0 Å². The Kier molecular flexibility index (Phi) is 5.14. The molecule has 9 heteroatoms. The Balaban J connectivity index is 2.36. The highest BCUT2D eigenvalue weighted by atomic mass is 32.2. The lowest BCUT2D eigenvalue weighted by molar-refractivity contribution is 0.187. The normalized spacial score (nSPS) is 10.8. The zero-order valence-electron chi connectivity index (χ0n) is 12.9. The lowest BCUT2D eigenvalue weighted by Gasteiger charge is -2.14. The van der Waals surface area contributed by atoms with E-state index in [9.17, 15) is 18.3 Å². The zero-order valence-corrected chi connectivity index (χ0v) is 13.8. The SMILES string of the molecule is COC(=O)Nc1cc(O)c(NS(=O)(=O)c2ccccc2)cc1OC. The first-order valence-electron chi connectivity index (χ1n) is 6.71. The number of methoxy groups -OCH3 is 2. The van der Waals surface area contributed by atoms with Crippen LogP contribution in [-0.2, 0) is 14.8 Å². The number of aromatic hydroxyl groups is 1. The first-order valence-corrected chi connectivity index (χ1v) is 8.19. The third kappa shape index (κ3) is 3.87. The van der Waals surface area contributed by atoms with Gasteiger partial charge in [0.1, 0.15) is 11.5 Å². The van der Waals surface area contributed by atoms with Gasteiger partial charge < -0.3 is 14.6 Å². The van der Waals surface area contributed by atoms with Crippen LogP contribution in [0.25, 0.3) is 0 Å². The first kappa shape index (κ1) is 17.4. The van der Waals surface area contributed by atoms with E-state index in [4.69, 9.17) is 4.74 Å². The largest absolute Gasteiger partial charge is 0.506 e. The minimum absolute atomic E-state index is 0.0418. The topological polar surface area (TPSA) is 114 Å². The van der Waals surface area contributed by atoms with Crippen molar-refractivity contribution in [3.63, 3.8) is 0 Å². The maximum absolute atomic E-state index is 12.3. The van der Waals surface area contributed by atoms with E-state index in [0.717, 1.165) is 6.07 Å². The van der Waals surface area contributed by atoms with Gasteiger partial charge in [-0.2, -0.15) is 0 Å². The molecule has 0 heterocycles. The fourth-order valence-electron chi connectivity index (χ4n) is 1.88. The number of hydrogen-bond acceptors (Lipinski definition) is 6. The van der Waals surface area contributed by atoms with Gasteiger partial charge in [-0.3, -0.25) is 10.0 Å². The second-order valence-electron chi connectivity index (χ2n) is 4.60. The third-order valence-corrected chi connectivity index (χ3v) is 4.42. The van der Waals surface area contributed by atoms with Crippen molar-refractivity contribution in [3.8, 4) is 11.5 Å². The highest BCUT2D eigenvalue weighted by Crippen LogP contribution is 2.36. The lowest BCUT2D eigenvalue weighted by atomic mass is 10.2. The molecule has 0 saturated carbocycles. The number of ether oxygens (including phenoxy) is 2. The Labute approximate surface area is 139 Å². The van der Waals surface area contributed by atoms with Gasteiger partial charge in [-0.25, -0.2) is 13.2 Å².